The highest BCUT2D eigenvalue weighted by molar-refractivity contribution is 6.33. The summed E-state index contributed by atoms with van der Waals surface area (Å²) in [5.74, 6) is 1.08. The van der Waals surface area contributed by atoms with Crippen LogP contribution in [0.15, 0.2) is 30.5 Å². The lowest BCUT2D eigenvalue weighted by Crippen LogP contribution is -2.49. The lowest BCUT2D eigenvalue weighted by molar-refractivity contribution is 0.105. The first-order valence-corrected chi connectivity index (χ1v) is 8.43. The summed E-state index contributed by atoms with van der Waals surface area (Å²) >= 11 is 6.15. The van der Waals surface area contributed by atoms with Gasteiger partial charge in [-0.3, -0.25) is 0 Å². The fraction of sp³-hybridized carbons (Fsp3) is 0.375. The van der Waals surface area contributed by atoms with E-state index in [1.54, 1.807) is 24.1 Å². The minimum absolute atomic E-state index is 0.282. The van der Waals surface area contributed by atoms with Gasteiger partial charge >= 0.3 is 6.09 Å². The first-order chi connectivity index (χ1) is 12.2. The Hall–Kier alpha value is -2.61. The van der Waals surface area contributed by atoms with Crippen molar-refractivity contribution in [2.24, 2.45) is 0 Å². The van der Waals surface area contributed by atoms with Crippen LogP contribution in [0.25, 0.3) is 0 Å². The number of piperazine rings is 1. The molecule has 25 heavy (non-hydrogen) atoms. The molecular formula is C16H19ClN6O2. The number of benzene rings is 1. The maximum absolute atomic E-state index is 11.7. The van der Waals surface area contributed by atoms with Gasteiger partial charge < -0.3 is 19.9 Å². The van der Waals surface area contributed by atoms with Crippen molar-refractivity contribution in [3.63, 3.8) is 0 Å². The van der Waals surface area contributed by atoms with E-state index in [1.807, 2.05) is 23.1 Å². The zero-order valence-electron chi connectivity index (χ0n) is 13.9. The Morgan fingerprint density at radius 3 is 2.76 bits per heavy atom. The monoisotopic (exact) mass is 362 g/mol. The average Bonchev–Trinajstić information content (AvgIpc) is 2.64. The quantitative estimate of drug-likeness (QED) is 0.894. The van der Waals surface area contributed by atoms with Crippen molar-refractivity contribution in [3.8, 4) is 0 Å². The number of rotatable bonds is 4. The molecule has 0 radical (unpaired) electrons. The van der Waals surface area contributed by atoms with Crippen molar-refractivity contribution in [1.82, 2.24) is 20.1 Å². The van der Waals surface area contributed by atoms with Gasteiger partial charge in [-0.25, -0.2) is 4.79 Å². The highest BCUT2D eigenvalue weighted by Gasteiger charge is 2.23. The van der Waals surface area contributed by atoms with E-state index in [2.05, 4.69) is 20.5 Å². The number of hydrogen-bond donors (Lipinski definition) is 1. The molecule has 2 aromatic rings. The van der Waals surface area contributed by atoms with Crippen LogP contribution in [0.1, 0.15) is 6.92 Å². The fourth-order valence-corrected chi connectivity index (χ4v) is 2.68. The van der Waals surface area contributed by atoms with E-state index >= 15 is 0 Å². The molecule has 1 aliphatic rings. The number of ether oxygens (including phenoxy) is 1. The number of hydrogen-bond acceptors (Lipinski definition) is 7. The van der Waals surface area contributed by atoms with Crippen LogP contribution in [0, 0.1) is 0 Å². The van der Waals surface area contributed by atoms with Gasteiger partial charge in [0.05, 0.1) is 23.5 Å². The Morgan fingerprint density at radius 2 is 2.04 bits per heavy atom. The van der Waals surface area contributed by atoms with E-state index in [4.69, 9.17) is 16.3 Å². The minimum Gasteiger partial charge on any atom is -0.450 e. The van der Waals surface area contributed by atoms with Gasteiger partial charge in [-0.15, -0.1) is 5.10 Å². The molecule has 8 nitrogen and oxygen atoms in total. The Balaban J connectivity index is 1.64. The maximum atomic E-state index is 11.7. The summed E-state index contributed by atoms with van der Waals surface area (Å²) in [6.45, 7) is 4.54. The molecule has 1 amide bonds. The molecule has 1 aliphatic heterocycles. The van der Waals surface area contributed by atoms with Gasteiger partial charge in [-0.05, 0) is 19.1 Å². The van der Waals surface area contributed by atoms with Gasteiger partial charge in [0.15, 0.2) is 5.82 Å². The number of halogens is 1. The molecule has 0 unspecified atom stereocenters. The van der Waals surface area contributed by atoms with Crippen LogP contribution in [0.2, 0.25) is 5.02 Å². The van der Waals surface area contributed by atoms with Crippen LogP contribution in [-0.4, -0.2) is 59.0 Å². The molecule has 9 heteroatoms. The van der Waals surface area contributed by atoms with Gasteiger partial charge in [-0.2, -0.15) is 10.1 Å². The third-order valence-electron chi connectivity index (χ3n) is 3.77. The SMILES string of the molecule is CCOC(=O)N1CCN(c2nncc(Nc3ccccc3Cl)n2)CC1. The van der Waals surface area contributed by atoms with Crippen LogP contribution in [0.4, 0.5) is 22.2 Å². The first-order valence-electron chi connectivity index (χ1n) is 8.05. The standard InChI is InChI=1S/C16H19ClN6O2/c1-2-25-16(24)23-9-7-22(8-10-23)15-20-14(11-18-21-15)19-13-6-4-3-5-12(13)17/h3-6,11H,2,7-10H2,1H3,(H,19,20,21). The summed E-state index contributed by atoms with van der Waals surface area (Å²) in [5.41, 5.74) is 0.753. The van der Waals surface area contributed by atoms with E-state index in [9.17, 15) is 4.79 Å². The van der Waals surface area contributed by atoms with Crippen LogP contribution in [-0.2, 0) is 4.74 Å². The third kappa shape index (κ3) is 4.27. The number of anilines is 3. The van der Waals surface area contributed by atoms with Gasteiger partial charge in [0.25, 0.3) is 0 Å². The number of aromatic nitrogens is 3. The van der Waals surface area contributed by atoms with Crippen LogP contribution in [0.5, 0.6) is 0 Å². The van der Waals surface area contributed by atoms with E-state index in [0.717, 1.165) is 5.69 Å². The highest BCUT2D eigenvalue weighted by atomic mass is 35.5. The molecule has 0 spiro atoms. The lowest BCUT2D eigenvalue weighted by Gasteiger charge is -2.33. The Labute approximate surface area is 150 Å². The van der Waals surface area contributed by atoms with Crippen LogP contribution >= 0.6 is 11.6 Å². The third-order valence-corrected chi connectivity index (χ3v) is 4.10. The molecule has 132 valence electrons. The van der Waals surface area contributed by atoms with Crippen molar-refractivity contribution in [2.45, 2.75) is 6.92 Å². The van der Waals surface area contributed by atoms with Crippen molar-refractivity contribution in [3.05, 3.63) is 35.5 Å². The van der Waals surface area contributed by atoms with Crippen molar-refractivity contribution >= 4 is 35.1 Å². The number of carbonyl (C=O) groups excluding carboxylic acids is 1. The van der Waals surface area contributed by atoms with E-state index < -0.39 is 0 Å². The van der Waals surface area contributed by atoms with E-state index in [0.29, 0.717) is 49.6 Å². The number of amides is 1. The van der Waals surface area contributed by atoms with E-state index in [-0.39, 0.29) is 6.09 Å². The van der Waals surface area contributed by atoms with Crippen LogP contribution < -0.4 is 10.2 Å². The normalized spacial score (nSPS) is 14.3. The zero-order valence-corrected chi connectivity index (χ0v) is 14.6. The molecule has 0 aliphatic carbocycles. The number of para-hydroxylation sites is 1. The number of nitrogens with one attached hydrogen (secondary N) is 1. The molecular weight excluding hydrogens is 344 g/mol. The topological polar surface area (TPSA) is 83.5 Å². The Morgan fingerprint density at radius 1 is 1.28 bits per heavy atom. The molecule has 1 fully saturated rings. The first kappa shape index (κ1) is 17.2. The Kier molecular flexibility index (Phi) is 5.49. The van der Waals surface area contributed by atoms with Crippen molar-refractivity contribution in [2.75, 3.05) is 43.0 Å². The predicted molar refractivity (Wildman–Crippen MR) is 95.4 cm³/mol. The largest absolute Gasteiger partial charge is 0.450 e. The van der Waals surface area contributed by atoms with E-state index in [1.165, 1.54) is 0 Å². The summed E-state index contributed by atoms with van der Waals surface area (Å²) in [6.07, 6.45) is 1.26. The molecule has 1 aromatic carbocycles. The fourth-order valence-electron chi connectivity index (χ4n) is 2.49. The van der Waals surface area contributed by atoms with Gasteiger partial charge in [0.2, 0.25) is 5.95 Å². The van der Waals surface area contributed by atoms with Gasteiger partial charge in [0, 0.05) is 26.2 Å². The van der Waals surface area contributed by atoms with Crippen LogP contribution in [0.3, 0.4) is 0 Å². The summed E-state index contributed by atoms with van der Waals surface area (Å²) in [6, 6.07) is 7.41. The molecule has 0 atom stereocenters. The molecule has 1 N–H and O–H groups in total. The summed E-state index contributed by atoms with van der Waals surface area (Å²) < 4.78 is 5.02. The smallest absolute Gasteiger partial charge is 0.409 e. The molecule has 0 bridgehead atoms. The summed E-state index contributed by atoms with van der Waals surface area (Å²) in [5, 5.41) is 11.8. The second-order valence-electron chi connectivity index (χ2n) is 5.42. The maximum Gasteiger partial charge on any atom is 0.409 e. The van der Waals surface area contributed by atoms with Gasteiger partial charge in [0.1, 0.15) is 0 Å². The van der Waals surface area contributed by atoms with Gasteiger partial charge in [-0.1, -0.05) is 23.7 Å². The molecule has 1 aromatic heterocycles. The second-order valence-corrected chi connectivity index (χ2v) is 5.83. The number of carbonyl (C=O) groups is 1. The molecule has 1 saturated heterocycles. The molecule has 0 saturated carbocycles. The highest BCUT2D eigenvalue weighted by Crippen LogP contribution is 2.24. The average molecular weight is 363 g/mol. The summed E-state index contributed by atoms with van der Waals surface area (Å²) in [7, 11) is 0. The molecule has 2 heterocycles. The zero-order chi connectivity index (χ0) is 17.6. The predicted octanol–water partition coefficient (Wildman–Crippen LogP) is 2.55. The Bertz CT molecular complexity index is 736. The van der Waals surface area contributed by atoms with Crippen molar-refractivity contribution in [1.29, 1.82) is 0 Å². The minimum atomic E-state index is -0.282. The number of nitrogens with zero attached hydrogens (tertiary/aromatic N) is 5. The summed E-state index contributed by atoms with van der Waals surface area (Å²) in [4.78, 5) is 19.9. The molecule has 3 rings (SSSR count). The second kappa shape index (κ2) is 7.98. The lowest BCUT2D eigenvalue weighted by atomic mass is 10.3. The van der Waals surface area contributed by atoms with Crippen molar-refractivity contribution < 1.29 is 9.53 Å².